The van der Waals surface area contributed by atoms with Crippen LogP contribution in [0.5, 0.6) is 11.5 Å². The van der Waals surface area contributed by atoms with Crippen LogP contribution in [-0.2, 0) is 4.79 Å². The van der Waals surface area contributed by atoms with E-state index in [2.05, 4.69) is 0 Å². The van der Waals surface area contributed by atoms with E-state index in [1.54, 1.807) is 18.2 Å². The molecule has 0 amide bonds. The molecule has 23 heavy (non-hydrogen) atoms. The fraction of sp³-hybridized carbons (Fsp3) is 0.278. The predicted octanol–water partition coefficient (Wildman–Crippen LogP) is 4.49. The standard InChI is InChI=1S/C18H16F2O3/c19-16-8-5-12(9-17(16)20)15-7-6-14(22-11-21)10-18(15)23-13-3-1-2-4-13/h5-11,13H,1-4H2. The minimum absolute atomic E-state index is 0.0885. The van der Waals surface area contributed by atoms with Gasteiger partial charge in [0.2, 0.25) is 0 Å². The average Bonchev–Trinajstić information content (AvgIpc) is 3.04. The molecule has 0 aromatic heterocycles. The smallest absolute Gasteiger partial charge is 0.298 e. The van der Waals surface area contributed by atoms with Crippen molar-refractivity contribution in [2.24, 2.45) is 0 Å². The topological polar surface area (TPSA) is 35.5 Å². The number of ether oxygens (including phenoxy) is 2. The summed E-state index contributed by atoms with van der Waals surface area (Å²) in [5.41, 5.74) is 1.14. The van der Waals surface area contributed by atoms with Gasteiger partial charge in [-0.15, -0.1) is 0 Å². The first-order valence-corrected chi connectivity index (χ1v) is 7.54. The molecule has 1 aliphatic carbocycles. The first-order chi connectivity index (χ1) is 11.2. The number of rotatable bonds is 5. The van der Waals surface area contributed by atoms with E-state index in [1.165, 1.54) is 6.07 Å². The lowest BCUT2D eigenvalue weighted by Crippen LogP contribution is -2.11. The summed E-state index contributed by atoms with van der Waals surface area (Å²) in [5.74, 6) is -0.961. The molecule has 1 saturated carbocycles. The van der Waals surface area contributed by atoms with Crippen molar-refractivity contribution < 1.29 is 23.0 Å². The average molecular weight is 318 g/mol. The second-order valence-electron chi connectivity index (χ2n) is 5.53. The molecule has 3 nitrogen and oxygen atoms in total. The third-order valence-electron chi connectivity index (χ3n) is 3.96. The zero-order valence-corrected chi connectivity index (χ0v) is 12.4. The highest BCUT2D eigenvalue weighted by atomic mass is 19.2. The van der Waals surface area contributed by atoms with Crippen LogP contribution in [0.4, 0.5) is 8.78 Å². The van der Waals surface area contributed by atoms with Crippen LogP contribution in [0.3, 0.4) is 0 Å². The third kappa shape index (κ3) is 3.50. The summed E-state index contributed by atoms with van der Waals surface area (Å²) in [5, 5.41) is 0. The fourth-order valence-electron chi connectivity index (χ4n) is 2.82. The van der Waals surface area contributed by atoms with E-state index in [0.717, 1.165) is 37.8 Å². The van der Waals surface area contributed by atoms with Crippen molar-refractivity contribution in [3.63, 3.8) is 0 Å². The van der Waals surface area contributed by atoms with E-state index >= 15 is 0 Å². The highest BCUT2D eigenvalue weighted by molar-refractivity contribution is 5.72. The predicted molar refractivity (Wildman–Crippen MR) is 81.4 cm³/mol. The molecule has 2 aromatic carbocycles. The Morgan fingerprint density at radius 3 is 2.48 bits per heavy atom. The molecule has 0 N–H and O–H groups in total. The Labute approximate surface area is 132 Å². The molecular weight excluding hydrogens is 302 g/mol. The Bertz CT molecular complexity index is 709. The van der Waals surface area contributed by atoms with Crippen LogP contribution in [0.15, 0.2) is 36.4 Å². The minimum Gasteiger partial charge on any atom is -0.490 e. The lowest BCUT2D eigenvalue weighted by Gasteiger charge is -2.17. The van der Waals surface area contributed by atoms with Gasteiger partial charge in [-0.3, -0.25) is 4.79 Å². The zero-order valence-electron chi connectivity index (χ0n) is 12.4. The monoisotopic (exact) mass is 318 g/mol. The Morgan fingerprint density at radius 1 is 1.00 bits per heavy atom. The molecule has 0 unspecified atom stereocenters. The van der Waals surface area contributed by atoms with E-state index in [1.807, 2.05) is 0 Å². The van der Waals surface area contributed by atoms with Crippen LogP contribution < -0.4 is 9.47 Å². The summed E-state index contributed by atoms with van der Waals surface area (Å²) in [6.07, 6.45) is 4.21. The molecule has 120 valence electrons. The van der Waals surface area contributed by atoms with Crippen LogP contribution in [0.25, 0.3) is 11.1 Å². The van der Waals surface area contributed by atoms with Crippen LogP contribution >= 0.6 is 0 Å². The van der Waals surface area contributed by atoms with Gasteiger partial charge in [0.15, 0.2) is 11.6 Å². The van der Waals surface area contributed by atoms with Gasteiger partial charge < -0.3 is 9.47 Å². The molecule has 0 bridgehead atoms. The number of hydrogen-bond acceptors (Lipinski definition) is 3. The lowest BCUT2D eigenvalue weighted by atomic mass is 10.0. The first-order valence-electron chi connectivity index (χ1n) is 7.54. The maximum Gasteiger partial charge on any atom is 0.298 e. The van der Waals surface area contributed by atoms with Gasteiger partial charge >= 0.3 is 0 Å². The molecule has 2 aromatic rings. The van der Waals surface area contributed by atoms with Crippen molar-refractivity contribution in [3.05, 3.63) is 48.0 Å². The lowest BCUT2D eigenvalue weighted by molar-refractivity contribution is -0.120. The fourth-order valence-corrected chi connectivity index (χ4v) is 2.82. The Morgan fingerprint density at radius 2 is 1.78 bits per heavy atom. The van der Waals surface area contributed by atoms with Crippen molar-refractivity contribution in [2.75, 3.05) is 0 Å². The number of hydrogen-bond donors (Lipinski definition) is 0. The highest BCUT2D eigenvalue weighted by Crippen LogP contribution is 2.36. The van der Waals surface area contributed by atoms with Gasteiger partial charge in [-0.25, -0.2) is 8.78 Å². The molecule has 0 aliphatic heterocycles. The van der Waals surface area contributed by atoms with Crippen molar-refractivity contribution in [3.8, 4) is 22.6 Å². The van der Waals surface area contributed by atoms with Crippen LogP contribution in [0, 0.1) is 11.6 Å². The number of carbonyl (C=O) groups excluding carboxylic acids is 1. The summed E-state index contributed by atoms with van der Waals surface area (Å²) in [6, 6.07) is 8.58. The Balaban J connectivity index is 1.99. The zero-order chi connectivity index (χ0) is 16.2. The number of carbonyl (C=O) groups is 1. The molecule has 0 saturated heterocycles. The molecule has 0 spiro atoms. The van der Waals surface area contributed by atoms with Crippen molar-refractivity contribution >= 4 is 6.47 Å². The van der Waals surface area contributed by atoms with E-state index in [9.17, 15) is 13.6 Å². The molecular formula is C18H16F2O3. The Kier molecular flexibility index (Phi) is 4.55. The second-order valence-corrected chi connectivity index (χ2v) is 5.53. The molecule has 1 fully saturated rings. The first kappa shape index (κ1) is 15.5. The van der Waals surface area contributed by atoms with Crippen molar-refractivity contribution in [1.29, 1.82) is 0 Å². The molecule has 1 aliphatic rings. The van der Waals surface area contributed by atoms with Crippen LogP contribution in [0.1, 0.15) is 25.7 Å². The second kappa shape index (κ2) is 6.77. The van der Waals surface area contributed by atoms with E-state index in [0.29, 0.717) is 29.1 Å². The molecule has 0 atom stereocenters. The van der Waals surface area contributed by atoms with Gasteiger partial charge in [0.1, 0.15) is 11.5 Å². The van der Waals surface area contributed by atoms with Crippen molar-refractivity contribution in [1.82, 2.24) is 0 Å². The molecule has 5 heteroatoms. The van der Waals surface area contributed by atoms with Crippen LogP contribution in [-0.4, -0.2) is 12.6 Å². The van der Waals surface area contributed by atoms with Gasteiger partial charge in [-0.2, -0.15) is 0 Å². The van der Waals surface area contributed by atoms with Gasteiger partial charge in [-0.1, -0.05) is 6.07 Å². The van der Waals surface area contributed by atoms with Gasteiger partial charge in [0, 0.05) is 11.6 Å². The van der Waals surface area contributed by atoms with E-state index < -0.39 is 11.6 Å². The molecule has 0 radical (unpaired) electrons. The van der Waals surface area contributed by atoms with E-state index in [4.69, 9.17) is 9.47 Å². The number of benzene rings is 2. The van der Waals surface area contributed by atoms with Gasteiger partial charge in [0.05, 0.1) is 6.10 Å². The van der Waals surface area contributed by atoms with Gasteiger partial charge in [-0.05, 0) is 55.5 Å². The number of halogens is 2. The minimum atomic E-state index is -0.914. The normalized spacial score (nSPS) is 14.7. The summed E-state index contributed by atoms with van der Waals surface area (Å²) < 4.78 is 37.5. The molecule has 3 rings (SSSR count). The summed E-state index contributed by atoms with van der Waals surface area (Å²) in [7, 11) is 0. The highest BCUT2D eigenvalue weighted by Gasteiger charge is 2.19. The maximum absolute atomic E-state index is 13.5. The van der Waals surface area contributed by atoms with Crippen molar-refractivity contribution in [2.45, 2.75) is 31.8 Å². The Hall–Kier alpha value is -2.43. The largest absolute Gasteiger partial charge is 0.490 e. The maximum atomic E-state index is 13.5. The van der Waals surface area contributed by atoms with E-state index in [-0.39, 0.29) is 6.10 Å². The summed E-state index contributed by atoms with van der Waals surface area (Å²) >= 11 is 0. The summed E-state index contributed by atoms with van der Waals surface area (Å²) in [4.78, 5) is 10.5. The quantitative estimate of drug-likeness (QED) is 0.762. The summed E-state index contributed by atoms with van der Waals surface area (Å²) in [6.45, 7) is 0.339. The van der Waals surface area contributed by atoms with Crippen LogP contribution in [0.2, 0.25) is 0 Å². The van der Waals surface area contributed by atoms with Gasteiger partial charge in [0.25, 0.3) is 6.47 Å². The third-order valence-corrected chi connectivity index (χ3v) is 3.96. The molecule has 0 heterocycles. The SMILES string of the molecule is O=COc1ccc(-c2ccc(F)c(F)c2)c(OC2CCCC2)c1.